The fraction of sp³-hybridized carbons (Fsp3) is 0.233. The number of hydrogen-bond acceptors (Lipinski definition) is 5. The molecular weight excluding hydrogens is 488 g/mol. The van der Waals surface area contributed by atoms with E-state index in [4.69, 9.17) is 16.0 Å². The van der Waals surface area contributed by atoms with Gasteiger partial charge in [0.25, 0.3) is 5.69 Å². The van der Waals surface area contributed by atoms with Gasteiger partial charge in [-0.15, -0.1) is 0 Å². The van der Waals surface area contributed by atoms with Crippen LogP contribution >= 0.6 is 11.6 Å². The van der Waals surface area contributed by atoms with Crippen molar-refractivity contribution in [2.75, 3.05) is 5.32 Å². The van der Waals surface area contributed by atoms with Crippen LogP contribution in [-0.4, -0.2) is 16.7 Å². The first kappa shape index (κ1) is 23.5. The minimum absolute atomic E-state index is 0.0552. The van der Waals surface area contributed by atoms with Crippen molar-refractivity contribution in [1.29, 1.82) is 0 Å². The van der Waals surface area contributed by atoms with Gasteiger partial charge < -0.3 is 9.73 Å². The zero-order valence-corrected chi connectivity index (χ0v) is 21.3. The van der Waals surface area contributed by atoms with Crippen LogP contribution in [0.3, 0.4) is 0 Å². The van der Waals surface area contributed by atoms with E-state index in [0.717, 1.165) is 39.6 Å². The number of carbonyl (C=O) groups is 1. The smallest absolute Gasteiger partial charge is 0.270 e. The van der Waals surface area contributed by atoms with Gasteiger partial charge in [-0.1, -0.05) is 55.8 Å². The molecule has 0 radical (unpaired) electrons. The van der Waals surface area contributed by atoms with E-state index in [0.29, 0.717) is 34.9 Å². The number of nitro benzene ring substituents is 1. The largest absolute Gasteiger partial charge is 0.461 e. The second-order valence-corrected chi connectivity index (χ2v) is 11.0. The summed E-state index contributed by atoms with van der Waals surface area (Å²) >= 11 is 6.33. The Morgan fingerprint density at radius 1 is 1.08 bits per heavy atom. The number of halogens is 1. The monoisotopic (exact) mass is 512 g/mol. The van der Waals surface area contributed by atoms with Gasteiger partial charge in [0, 0.05) is 47.4 Å². The number of rotatable bonds is 4. The van der Waals surface area contributed by atoms with Crippen molar-refractivity contribution in [3.05, 3.63) is 98.8 Å². The summed E-state index contributed by atoms with van der Waals surface area (Å²) in [5, 5.41) is 17.5. The quantitative estimate of drug-likeness (QED) is 0.222. The molecule has 1 atom stereocenters. The molecule has 0 fully saturated rings. The molecule has 0 saturated heterocycles. The van der Waals surface area contributed by atoms with Crippen LogP contribution in [0.2, 0.25) is 5.02 Å². The molecule has 6 nitrogen and oxygen atoms in total. The normalized spacial score (nSPS) is 18.4. The molecule has 0 spiro atoms. The summed E-state index contributed by atoms with van der Waals surface area (Å²) in [5.41, 5.74) is 4.37. The molecule has 1 aromatic heterocycles. The Labute approximate surface area is 219 Å². The molecule has 0 saturated carbocycles. The van der Waals surface area contributed by atoms with E-state index >= 15 is 0 Å². The van der Waals surface area contributed by atoms with E-state index in [1.54, 1.807) is 6.07 Å². The van der Waals surface area contributed by atoms with Crippen molar-refractivity contribution >= 4 is 45.1 Å². The second-order valence-electron chi connectivity index (χ2n) is 10.6. The van der Waals surface area contributed by atoms with Gasteiger partial charge in [-0.05, 0) is 52.4 Å². The van der Waals surface area contributed by atoms with Crippen molar-refractivity contribution in [1.82, 2.24) is 0 Å². The van der Waals surface area contributed by atoms with Gasteiger partial charge in [0.05, 0.1) is 16.0 Å². The summed E-state index contributed by atoms with van der Waals surface area (Å²) < 4.78 is 6.12. The molecule has 6 rings (SSSR count). The Bertz CT molecular complexity index is 1630. The number of Topliss-reactive ketones (excluding diaryl/α,β-unsaturated/α-hetero) is 1. The van der Waals surface area contributed by atoms with Gasteiger partial charge >= 0.3 is 0 Å². The number of fused-ring (bicyclic) bond motifs is 4. The van der Waals surface area contributed by atoms with Crippen LogP contribution in [0, 0.1) is 15.5 Å². The van der Waals surface area contributed by atoms with Gasteiger partial charge in [-0.2, -0.15) is 0 Å². The number of nitrogens with zero attached hydrogens (tertiary/aromatic N) is 1. The number of nitrogens with one attached hydrogen (secondary N) is 1. The van der Waals surface area contributed by atoms with Crippen LogP contribution in [0.25, 0.3) is 27.7 Å². The fourth-order valence-electron chi connectivity index (χ4n) is 5.74. The van der Waals surface area contributed by atoms with Crippen LogP contribution < -0.4 is 5.32 Å². The van der Waals surface area contributed by atoms with Gasteiger partial charge in [-0.3, -0.25) is 14.9 Å². The third-order valence-corrected chi connectivity index (χ3v) is 7.65. The van der Waals surface area contributed by atoms with E-state index < -0.39 is 4.92 Å². The number of hydrogen-bond donors (Lipinski definition) is 1. The number of carbonyl (C=O) groups excluding carboxylic acids is 1. The lowest BCUT2D eigenvalue weighted by molar-refractivity contribution is -0.384. The van der Waals surface area contributed by atoms with Crippen LogP contribution in [0.4, 0.5) is 11.4 Å². The van der Waals surface area contributed by atoms with Crippen LogP contribution in [-0.2, 0) is 11.2 Å². The average Bonchev–Trinajstić information content (AvgIpc) is 3.31. The number of benzene rings is 3. The predicted molar refractivity (Wildman–Crippen MR) is 146 cm³/mol. The first-order chi connectivity index (χ1) is 17.7. The van der Waals surface area contributed by atoms with E-state index in [2.05, 4.69) is 43.4 Å². The van der Waals surface area contributed by atoms with Crippen molar-refractivity contribution in [2.24, 2.45) is 5.41 Å². The van der Waals surface area contributed by atoms with E-state index in [-0.39, 0.29) is 22.9 Å². The summed E-state index contributed by atoms with van der Waals surface area (Å²) in [6.45, 7) is 4.30. The lowest BCUT2D eigenvalue weighted by Gasteiger charge is -2.40. The molecule has 0 unspecified atom stereocenters. The van der Waals surface area contributed by atoms with Crippen molar-refractivity contribution < 1.29 is 14.1 Å². The van der Waals surface area contributed by atoms with Crippen LogP contribution in [0.5, 0.6) is 0 Å². The maximum Gasteiger partial charge on any atom is 0.270 e. The molecule has 3 aromatic carbocycles. The first-order valence-electron chi connectivity index (χ1n) is 12.3. The summed E-state index contributed by atoms with van der Waals surface area (Å²) in [5.74, 6) is 1.29. The molecule has 7 heteroatoms. The maximum absolute atomic E-state index is 13.6. The lowest BCUT2D eigenvalue weighted by Crippen LogP contribution is -2.38. The number of non-ortho nitro benzene ring substituents is 1. The summed E-state index contributed by atoms with van der Waals surface area (Å²) in [6, 6.07) is 20.1. The molecule has 1 N–H and O–H groups in total. The third kappa shape index (κ3) is 4.11. The molecule has 1 aliphatic heterocycles. The molecule has 2 heterocycles. The summed E-state index contributed by atoms with van der Waals surface area (Å²) in [7, 11) is 0. The molecule has 1 aliphatic carbocycles. The van der Waals surface area contributed by atoms with E-state index in [9.17, 15) is 14.9 Å². The van der Waals surface area contributed by atoms with Gasteiger partial charge in [-0.25, -0.2) is 0 Å². The number of nitro groups is 1. The Morgan fingerprint density at radius 3 is 2.70 bits per heavy atom. The molecule has 0 amide bonds. The molecule has 0 bridgehead atoms. The number of allylic oxidation sites excluding steroid dienone is 1. The standard InChI is InChI=1S/C30H25ClN2O4/c1-30(2)15-22-28-20-6-4-3-5-17(20)7-11-24(28)32-25(29(22)26(34)16-30)14-19-9-12-27(37-19)21-13-18(33(35)36)8-10-23(21)31/h3-13,25,32H,14-16H2,1-2H3/t25-/m0/s1. The topological polar surface area (TPSA) is 85.4 Å². The second kappa shape index (κ2) is 8.60. The van der Waals surface area contributed by atoms with Crippen molar-refractivity contribution in [3.63, 3.8) is 0 Å². The van der Waals surface area contributed by atoms with Gasteiger partial charge in [0.15, 0.2) is 5.78 Å². The Kier molecular flexibility index (Phi) is 5.46. The highest BCUT2D eigenvalue weighted by Gasteiger charge is 2.40. The third-order valence-electron chi connectivity index (χ3n) is 7.32. The van der Waals surface area contributed by atoms with Gasteiger partial charge in [0.2, 0.25) is 0 Å². The molecule has 2 aliphatic rings. The Morgan fingerprint density at radius 2 is 1.89 bits per heavy atom. The maximum atomic E-state index is 13.6. The SMILES string of the molecule is CC1(C)CC(=O)C2=C(C1)c1c(ccc3ccccc13)N[C@H]2Cc1ccc(-c2cc([N+](=O)[O-])ccc2Cl)o1. The molecular formula is C30H25ClN2O4. The summed E-state index contributed by atoms with van der Waals surface area (Å²) in [4.78, 5) is 24.3. The van der Waals surface area contributed by atoms with Crippen molar-refractivity contribution in [3.8, 4) is 11.3 Å². The minimum Gasteiger partial charge on any atom is -0.461 e. The zero-order chi connectivity index (χ0) is 25.9. The Hall–Kier alpha value is -3.90. The minimum atomic E-state index is -0.457. The van der Waals surface area contributed by atoms with E-state index in [1.807, 2.05) is 18.2 Å². The lowest BCUT2D eigenvalue weighted by atomic mass is 9.68. The number of anilines is 1. The predicted octanol–water partition coefficient (Wildman–Crippen LogP) is 7.84. The highest BCUT2D eigenvalue weighted by atomic mass is 35.5. The van der Waals surface area contributed by atoms with Crippen molar-refractivity contribution in [2.45, 2.75) is 39.2 Å². The highest BCUT2D eigenvalue weighted by molar-refractivity contribution is 6.33. The first-order valence-corrected chi connectivity index (χ1v) is 12.7. The van der Waals surface area contributed by atoms with Crippen LogP contribution in [0.1, 0.15) is 38.0 Å². The number of ketones is 1. The summed E-state index contributed by atoms with van der Waals surface area (Å²) in [6.07, 6.45) is 1.78. The van der Waals surface area contributed by atoms with Crippen LogP contribution in [0.15, 0.2) is 76.7 Å². The zero-order valence-electron chi connectivity index (χ0n) is 20.5. The van der Waals surface area contributed by atoms with E-state index in [1.165, 1.54) is 18.2 Å². The highest BCUT2D eigenvalue weighted by Crippen LogP contribution is 2.49. The van der Waals surface area contributed by atoms with Gasteiger partial charge in [0.1, 0.15) is 11.5 Å². The molecule has 186 valence electrons. The Balaban J connectivity index is 1.41. The molecule has 4 aromatic rings. The average molecular weight is 513 g/mol. The number of furan rings is 1. The molecule has 37 heavy (non-hydrogen) atoms. The fourth-order valence-corrected chi connectivity index (χ4v) is 5.95.